The zero-order valence-electron chi connectivity index (χ0n) is 8.22. The molecule has 1 rings (SSSR count). The van der Waals surface area contributed by atoms with Gasteiger partial charge in [0.25, 0.3) is 0 Å². The van der Waals surface area contributed by atoms with Crippen molar-refractivity contribution in [1.29, 1.82) is 0 Å². The molecule has 90 valence electrons. The summed E-state index contributed by atoms with van der Waals surface area (Å²) in [6.45, 7) is -0.293. The minimum absolute atomic E-state index is 0.0918. The molecule has 0 aliphatic rings. The fourth-order valence-electron chi connectivity index (χ4n) is 0.965. The third kappa shape index (κ3) is 4.24. The number of alkyl halides is 3. The van der Waals surface area contributed by atoms with Gasteiger partial charge in [0.15, 0.2) is 0 Å². The Morgan fingerprint density at radius 3 is 2.69 bits per heavy atom. The molecule has 0 radical (unpaired) electrons. The Hall–Kier alpha value is -1.01. The van der Waals surface area contributed by atoms with Crippen LogP contribution in [0.4, 0.5) is 13.2 Å². The molecule has 16 heavy (non-hydrogen) atoms. The fourth-order valence-corrected chi connectivity index (χ4v) is 1.15. The lowest BCUT2D eigenvalue weighted by Crippen LogP contribution is -2.13. The van der Waals surface area contributed by atoms with E-state index >= 15 is 0 Å². The predicted molar refractivity (Wildman–Crippen MR) is 53.3 cm³/mol. The molecule has 0 aliphatic heterocycles. The van der Waals surface area contributed by atoms with E-state index in [-0.39, 0.29) is 12.4 Å². The first-order valence-corrected chi connectivity index (χ1v) is 4.84. The Bertz CT molecular complexity index is 357. The molecule has 0 bridgehead atoms. The van der Waals surface area contributed by atoms with Crippen molar-refractivity contribution in [2.24, 2.45) is 5.73 Å². The molecule has 0 fully saturated rings. The largest absolute Gasteiger partial charge is 0.477 e. The summed E-state index contributed by atoms with van der Waals surface area (Å²) in [5, 5.41) is 0.366. The van der Waals surface area contributed by atoms with Gasteiger partial charge in [-0.05, 0) is 5.56 Å². The number of nitrogens with zero attached hydrogens (tertiary/aromatic N) is 1. The van der Waals surface area contributed by atoms with Crippen LogP contribution in [-0.4, -0.2) is 17.8 Å². The first-order chi connectivity index (χ1) is 7.42. The van der Waals surface area contributed by atoms with Crippen LogP contribution in [0.2, 0.25) is 5.02 Å². The SMILES string of the molecule is NCc1cc(OCCC(F)(F)F)ncc1Cl. The van der Waals surface area contributed by atoms with E-state index in [1.807, 2.05) is 0 Å². The average molecular weight is 255 g/mol. The summed E-state index contributed by atoms with van der Waals surface area (Å²) < 4.78 is 40.3. The first-order valence-electron chi connectivity index (χ1n) is 4.46. The van der Waals surface area contributed by atoms with Crippen LogP contribution in [0, 0.1) is 0 Å². The predicted octanol–water partition coefficient (Wildman–Crippen LogP) is 2.52. The molecule has 0 aliphatic carbocycles. The molecule has 0 atom stereocenters. The van der Waals surface area contributed by atoms with Crippen LogP contribution < -0.4 is 10.5 Å². The summed E-state index contributed by atoms with van der Waals surface area (Å²) >= 11 is 5.72. The summed E-state index contributed by atoms with van der Waals surface area (Å²) in [6, 6.07) is 1.43. The van der Waals surface area contributed by atoms with Crippen LogP contribution in [0.5, 0.6) is 5.88 Å². The number of rotatable bonds is 4. The van der Waals surface area contributed by atoms with Crippen molar-refractivity contribution in [3.05, 3.63) is 22.8 Å². The van der Waals surface area contributed by atoms with E-state index in [9.17, 15) is 13.2 Å². The van der Waals surface area contributed by atoms with Gasteiger partial charge in [0, 0.05) is 18.8 Å². The summed E-state index contributed by atoms with van der Waals surface area (Å²) in [4.78, 5) is 3.73. The van der Waals surface area contributed by atoms with E-state index in [1.165, 1.54) is 12.3 Å². The maximum absolute atomic E-state index is 11.8. The Morgan fingerprint density at radius 1 is 1.44 bits per heavy atom. The molecule has 0 amide bonds. The van der Waals surface area contributed by atoms with Gasteiger partial charge in [0.1, 0.15) is 0 Å². The average Bonchev–Trinajstić information content (AvgIpc) is 2.18. The highest BCUT2D eigenvalue weighted by atomic mass is 35.5. The van der Waals surface area contributed by atoms with Crippen LogP contribution in [0.15, 0.2) is 12.3 Å². The van der Waals surface area contributed by atoms with Crippen LogP contribution in [0.1, 0.15) is 12.0 Å². The standard InChI is InChI=1S/C9H10ClF3N2O/c10-7-5-15-8(3-6(7)4-14)16-2-1-9(11,12)13/h3,5H,1-2,4,14H2. The van der Waals surface area contributed by atoms with Crippen LogP contribution in [0.3, 0.4) is 0 Å². The summed E-state index contributed by atoms with van der Waals surface area (Å²) in [6.07, 6.45) is -3.95. The second-order valence-electron chi connectivity index (χ2n) is 3.03. The molecule has 0 saturated carbocycles. The van der Waals surface area contributed by atoms with Gasteiger partial charge in [-0.3, -0.25) is 0 Å². The van der Waals surface area contributed by atoms with E-state index < -0.39 is 19.2 Å². The van der Waals surface area contributed by atoms with Crippen molar-refractivity contribution in [2.45, 2.75) is 19.1 Å². The minimum Gasteiger partial charge on any atom is -0.477 e. The summed E-state index contributed by atoms with van der Waals surface area (Å²) in [5.74, 6) is 0.0918. The number of nitrogens with two attached hydrogens (primary N) is 1. The van der Waals surface area contributed by atoms with Gasteiger partial charge in [0.05, 0.1) is 18.1 Å². The van der Waals surface area contributed by atoms with Crippen LogP contribution in [-0.2, 0) is 6.54 Å². The number of pyridine rings is 1. The molecule has 0 unspecified atom stereocenters. The van der Waals surface area contributed by atoms with Gasteiger partial charge in [-0.1, -0.05) is 11.6 Å². The maximum atomic E-state index is 11.8. The molecule has 1 heterocycles. The molecule has 1 aromatic rings. The maximum Gasteiger partial charge on any atom is 0.392 e. The topological polar surface area (TPSA) is 48.1 Å². The number of ether oxygens (including phenoxy) is 1. The third-order valence-corrected chi connectivity index (χ3v) is 2.11. The highest BCUT2D eigenvalue weighted by Crippen LogP contribution is 2.21. The zero-order chi connectivity index (χ0) is 12.2. The smallest absolute Gasteiger partial charge is 0.392 e. The molecule has 0 aromatic carbocycles. The molecule has 2 N–H and O–H groups in total. The molecule has 7 heteroatoms. The third-order valence-electron chi connectivity index (χ3n) is 1.76. The van der Waals surface area contributed by atoms with Crippen molar-refractivity contribution in [1.82, 2.24) is 4.98 Å². The molecule has 3 nitrogen and oxygen atoms in total. The lowest BCUT2D eigenvalue weighted by molar-refractivity contribution is -0.139. The minimum atomic E-state index is -4.23. The lowest BCUT2D eigenvalue weighted by atomic mass is 10.3. The highest BCUT2D eigenvalue weighted by Gasteiger charge is 2.26. The van der Waals surface area contributed by atoms with E-state index in [4.69, 9.17) is 22.1 Å². The van der Waals surface area contributed by atoms with Crippen LogP contribution in [0.25, 0.3) is 0 Å². The van der Waals surface area contributed by atoms with Crippen molar-refractivity contribution < 1.29 is 17.9 Å². The second-order valence-corrected chi connectivity index (χ2v) is 3.44. The van der Waals surface area contributed by atoms with Gasteiger partial charge in [0.2, 0.25) is 5.88 Å². The monoisotopic (exact) mass is 254 g/mol. The number of aromatic nitrogens is 1. The Kier molecular flexibility index (Phi) is 4.37. The second kappa shape index (κ2) is 5.36. The zero-order valence-corrected chi connectivity index (χ0v) is 8.98. The van der Waals surface area contributed by atoms with Crippen LogP contribution >= 0.6 is 11.6 Å². The van der Waals surface area contributed by atoms with Gasteiger partial charge >= 0.3 is 6.18 Å². The van der Waals surface area contributed by atoms with E-state index in [0.717, 1.165) is 0 Å². The fraction of sp³-hybridized carbons (Fsp3) is 0.444. The Morgan fingerprint density at radius 2 is 2.12 bits per heavy atom. The number of hydrogen-bond acceptors (Lipinski definition) is 3. The van der Waals surface area contributed by atoms with Crippen molar-refractivity contribution in [3.63, 3.8) is 0 Å². The van der Waals surface area contributed by atoms with Crippen molar-refractivity contribution >= 4 is 11.6 Å². The van der Waals surface area contributed by atoms with Gasteiger partial charge in [-0.2, -0.15) is 13.2 Å². The van der Waals surface area contributed by atoms with Crippen molar-refractivity contribution in [2.75, 3.05) is 6.61 Å². The Balaban J connectivity index is 2.55. The Labute approximate surface area is 95.4 Å². The quantitative estimate of drug-likeness (QED) is 0.898. The van der Waals surface area contributed by atoms with Crippen molar-refractivity contribution in [3.8, 4) is 5.88 Å². The molecular weight excluding hydrogens is 245 g/mol. The van der Waals surface area contributed by atoms with E-state index in [0.29, 0.717) is 10.6 Å². The number of halogens is 4. The van der Waals surface area contributed by atoms with Gasteiger partial charge < -0.3 is 10.5 Å². The molecular formula is C9H10ClF3N2O. The lowest BCUT2D eigenvalue weighted by Gasteiger charge is -2.09. The summed E-state index contributed by atoms with van der Waals surface area (Å²) in [7, 11) is 0. The van der Waals surface area contributed by atoms with Gasteiger partial charge in [-0.15, -0.1) is 0 Å². The highest BCUT2D eigenvalue weighted by molar-refractivity contribution is 6.31. The normalized spacial score (nSPS) is 11.6. The first kappa shape index (κ1) is 13.1. The van der Waals surface area contributed by atoms with Gasteiger partial charge in [-0.25, -0.2) is 4.98 Å². The number of hydrogen-bond donors (Lipinski definition) is 1. The van der Waals surface area contributed by atoms with E-state index in [2.05, 4.69) is 4.98 Å². The van der Waals surface area contributed by atoms with E-state index in [1.54, 1.807) is 0 Å². The summed E-state index contributed by atoms with van der Waals surface area (Å²) in [5.41, 5.74) is 5.95. The molecule has 0 spiro atoms. The molecule has 0 saturated heterocycles. The molecule has 1 aromatic heterocycles.